The number of aromatic nitrogens is 1. The summed E-state index contributed by atoms with van der Waals surface area (Å²) in [6.45, 7) is 3.94. The van der Waals surface area contributed by atoms with Crippen LogP contribution in [0.25, 0.3) is 10.9 Å². The summed E-state index contributed by atoms with van der Waals surface area (Å²) in [5, 5.41) is 0.779. The zero-order valence-electron chi connectivity index (χ0n) is 15.6. The number of para-hydroxylation sites is 1. The second-order valence-electron chi connectivity index (χ2n) is 7.93. The summed E-state index contributed by atoms with van der Waals surface area (Å²) in [4.78, 5) is 27.9. The number of hydrogen-bond acceptors (Lipinski definition) is 4. The van der Waals surface area contributed by atoms with Gasteiger partial charge in [0.25, 0.3) is 5.56 Å². The molecule has 26 heavy (non-hydrogen) atoms. The van der Waals surface area contributed by atoms with Crippen molar-refractivity contribution >= 4 is 16.9 Å². The lowest BCUT2D eigenvalue weighted by Gasteiger charge is -2.35. The van der Waals surface area contributed by atoms with Crippen LogP contribution in [0.5, 0.6) is 0 Å². The van der Waals surface area contributed by atoms with E-state index in [2.05, 4.69) is 11.9 Å². The summed E-state index contributed by atoms with van der Waals surface area (Å²) >= 11 is 0. The third-order valence-corrected chi connectivity index (χ3v) is 6.02. The first-order valence-electron chi connectivity index (χ1n) is 9.53. The maximum absolute atomic E-state index is 12.9. The van der Waals surface area contributed by atoms with E-state index in [1.807, 2.05) is 38.1 Å². The highest BCUT2D eigenvalue weighted by Crippen LogP contribution is 2.36. The van der Waals surface area contributed by atoms with Gasteiger partial charge < -0.3 is 14.2 Å². The Balaban J connectivity index is 1.66. The number of benzene rings is 1. The number of rotatable bonds is 3. The van der Waals surface area contributed by atoms with E-state index < -0.39 is 0 Å². The van der Waals surface area contributed by atoms with E-state index >= 15 is 0 Å². The highest BCUT2D eigenvalue weighted by atomic mass is 16.5. The molecular formula is C21H26N2O3. The van der Waals surface area contributed by atoms with Crippen molar-refractivity contribution in [3.05, 3.63) is 46.2 Å². The van der Waals surface area contributed by atoms with Gasteiger partial charge >= 0.3 is 5.97 Å². The van der Waals surface area contributed by atoms with Gasteiger partial charge in [-0.2, -0.15) is 0 Å². The van der Waals surface area contributed by atoms with Crippen molar-refractivity contribution in [2.24, 2.45) is 0 Å². The third kappa shape index (κ3) is 2.84. The standard InChI is InChI=1S/C21H26N2O3/c1-13(2)23-19-7-5-4-6-17(19)18(12-20(23)24)21(25)26-16-10-14-8-9-15(11-16)22(14)3/h4-7,12-16H,8-11H2,1-3H3/t14-,15+,16?. The van der Waals surface area contributed by atoms with Crippen molar-refractivity contribution < 1.29 is 9.53 Å². The summed E-state index contributed by atoms with van der Waals surface area (Å²) in [5.74, 6) is -0.372. The summed E-state index contributed by atoms with van der Waals surface area (Å²) in [6.07, 6.45) is 4.09. The van der Waals surface area contributed by atoms with Gasteiger partial charge in [0, 0.05) is 42.4 Å². The Labute approximate surface area is 153 Å². The number of carbonyl (C=O) groups is 1. The third-order valence-electron chi connectivity index (χ3n) is 6.02. The van der Waals surface area contributed by atoms with Crippen LogP contribution in [0.2, 0.25) is 0 Å². The quantitative estimate of drug-likeness (QED) is 0.793. The van der Waals surface area contributed by atoms with Crippen molar-refractivity contribution in [1.29, 1.82) is 0 Å². The molecule has 0 aliphatic carbocycles. The van der Waals surface area contributed by atoms with Crippen LogP contribution in [0.4, 0.5) is 0 Å². The van der Waals surface area contributed by atoms with Gasteiger partial charge in [0.05, 0.1) is 11.1 Å². The van der Waals surface area contributed by atoms with Crippen molar-refractivity contribution in [3.63, 3.8) is 0 Å². The Kier molecular flexibility index (Phi) is 4.35. The molecule has 0 radical (unpaired) electrons. The molecule has 2 aromatic rings. The van der Waals surface area contributed by atoms with Crippen LogP contribution in [0, 0.1) is 0 Å². The summed E-state index contributed by atoms with van der Waals surface area (Å²) in [6, 6.07) is 10.1. The minimum atomic E-state index is -0.372. The number of ether oxygens (including phenoxy) is 1. The van der Waals surface area contributed by atoms with Gasteiger partial charge in [0.2, 0.25) is 0 Å². The van der Waals surface area contributed by atoms with E-state index in [0.29, 0.717) is 17.6 Å². The number of fused-ring (bicyclic) bond motifs is 3. The molecule has 2 bridgehead atoms. The minimum Gasteiger partial charge on any atom is -0.459 e. The minimum absolute atomic E-state index is 0.0296. The molecule has 3 heterocycles. The van der Waals surface area contributed by atoms with Gasteiger partial charge in [-0.25, -0.2) is 4.79 Å². The van der Waals surface area contributed by atoms with Crippen LogP contribution >= 0.6 is 0 Å². The van der Waals surface area contributed by atoms with Crippen molar-refractivity contribution in [3.8, 4) is 0 Å². The van der Waals surface area contributed by atoms with Gasteiger partial charge in [-0.05, 0) is 39.8 Å². The molecule has 138 valence electrons. The van der Waals surface area contributed by atoms with Crippen LogP contribution in [-0.2, 0) is 4.74 Å². The lowest BCUT2D eigenvalue weighted by atomic mass is 10.0. The monoisotopic (exact) mass is 354 g/mol. The molecule has 5 heteroatoms. The fraction of sp³-hybridized carbons (Fsp3) is 0.524. The van der Waals surface area contributed by atoms with Crippen molar-refractivity contribution in [2.45, 2.75) is 63.8 Å². The molecule has 2 aliphatic heterocycles. The lowest BCUT2D eigenvalue weighted by Crippen LogP contribution is -2.43. The van der Waals surface area contributed by atoms with E-state index in [1.165, 1.54) is 18.9 Å². The van der Waals surface area contributed by atoms with E-state index in [0.717, 1.165) is 23.7 Å². The van der Waals surface area contributed by atoms with E-state index in [9.17, 15) is 9.59 Å². The van der Waals surface area contributed by atoms with Crippen LogP contribution in [0.15, 0.2) is 35.1 Å². The first-order valence-corrected chi connectivity index (χ1v) is 9.53. The van der Waals surface area contributed by atoms with Gasteiger partial charge in [-0.15, -0.1) is 0 Å². The SMILES string of the molecule is CC(C)n1c(=O)cc(C(=O)OC2C[C@H]3CC[C@@H](C2)N3C)c2ccccc21. The number of esters is 1. The Morgan fingerprint density at radius 2 is 1.81 bits per heavy atom. The molecule has 1 aromatic heterocycles. The molecule has 4 rings (SSSR count). The molecule has 1 unspecified atom stereocenters. The van der Waals surface area contributed by atoms with E-state index in [1.54, 1.807) is 4.57 Å². The number of piperidine rings is 1. The van der Waals surface area contributed by atoms with Gasteiger partial charge in [-0.3, -0.25) is 4.79 Å². The van der Waals surface area contributed by atoms with Gasteiger partial charge in [0.15, 0.2) is 0 Å². The largest absolute Gasteiger partial charge is 0.459 e. The molecule has 2 aliphatic rings. The van der Waals surface area contributed by atoms with E-state index in [4.69, 9.17) is 4.74 Å². The molecule has 3 atom stereocenters. The van der Waals surface area contributed by atoms with Gasteiger partial charge in [-0.1, -0.05) is 18.2 Å². The maximum Gasteiger partial charge on any atom is 0.339 e. The summed E-state index contributed by atoms with van der Waals surface area (Å²) in [7, 11) is 2.17. The summed E-state index contributed by atoms with van der Waals surface area (Å²) < 4.78 is 7.58. The highest BCUT2D eigenvalue weighted by Gasteiger charge is 2.40. The number of hydrogen-bond donors (Lipinski definition) is 0. The van der Waals surface area contributed by atoms with Crippen LogP contribution < -0.4 is 5.56 Å². The molecule has 1 aromatic carbocycles. The van der Waals surface area contributed by atoms with Crippen molar-refractivity contribution in [1.82, 2.24) is 9.47 Å². The summed E-state index contributed by atoms with van der Waals surface area (Å²) in [5.41, 5.74) is 1.01. The first kappa shape index (κ1) is 17.3. The fourth-order valence-corrected chi connectivity index (χ4v) is 4.68. The van der Waals surface area contributed by atoms with Crippen LogP contribution in [0.3, 0.4) is 0 Å². The number of nitrogens with zero attached hydrogens (tertiary/aromatic N) is 2. The lowest BCUT2D eigenvalue weighted by molar-refractivity contribution is -0.000290. The normalized spacial score (nSPS) is 25.8. The number of carbonyl (C=O) groups excluding carboxylic acids is 1. The molecular weight excluding hydrogens is 328 g/mol. The predicted molar refractivity (Wildman–Crippen MR) is 102 cm³/mol. The average Bonchev–Trinajstić information content (AvgIpc) is 2.81. The smallest absolute Gasteiger partial charge is 0.339 e. The van der Waals surface area contributed by atoms with E-state index in [-0.39, 0.29) is 23.7 Å². The zero-order chi connectivity index (χ0) is 18.4. The molecule has 2 saturated heterocycles. The Morgan fingerprint density at radius 1 is 1.15 bits per heavy atom. The Hall–Kier alpha value is -2.14. The molecule has 2 fully saturated rings. The molecule has 0 spiro atoms. The Bertz CT molecular complexity index is 888. The van der Waals surface area contributed by atoms with Gasteiger partial charge in [0.1, 0.15) is 6.10 Å². The predicted octanol–water partition coefficient (Wildman–Crippen LogP) is 3.36. The molecule has 0 N–H and O–H groups in total. The highest BCUT2D eigenvalue weighted by molar-refractivity contribution is 6.03. The number of pyridine rings is 1. The molecule has 0 amide bonds. The molecule has 0 saturated carbocycles. The molecule has 5 nitrogen and oxygen atoms in total. The topological polar surface area (TPSA) is 51.5 Å². The fourth-order valence-electron chi connectivity index (χ4n) is 4.68. The second-order valence-corrected chi connectivity index (χ2v) is 7.93. The Morgan fingerprint density at radius 3 is 2.46 bits per heavy atom. The zero-order valence-corrected chi connectivity index (χ0v) is 15.6. The maximum atomic E-state index is 12.9. The average molecular weight is 354 g/mol. The van der Waals surface area contributed by atoms with Crippen molar-refractivity contribution in [2.75, 3.05) is 7.05 Å². The first-order chi connectivity index (χ1) is 12.5. The van der Waals surface area contributed by atoms with Crippen LogP contribution in [-0.4, -0.2) is 40.7 Å². The van der Waals surface area contributed by atoms with Crippen LogP contribution in [0.1, 0.15) is 55.9 Å². The second kappa shape index (κ2) is 6.54.